The summed E-state index contributed by atoms with van der Waals surface area (Å²) in [5.41, 5.74) is 6.29. The van der Waals surface area contributed by atoms with Crippen molar-refractivity contribution in [2.75, 3.05) is 13.1 Å². The summed E-state index contributed by atoms with van der Waals surface area (Å²) >= 11 is 5.74. The number of para-hydroxylation sites is 1. The number of aromatic nitrogens is 2. The van der Waals surface area contributed by atoms with Gasteiger partial charge in [-0.05, 0) is 19.1 Å². The maximum absolute atomic E-state index is 13.9. The van der Waals surface area contributed by atoms with Crippen LogP contribution in [0.25, 0.3) is 10.9 Å². The summed E-state index contributed by atoms with van der Waals surface area (Å²) in [4.78, 5) is 38.1. The maximum atomic E-state index is 13.9. The van der Waals surface area contributed by atoms with Gasteiger partial charge in [0.2, 0.25) is 11.8 Å². The minimum atomic E-state index is -0.692. The Morgan fingerprint density at radius 1 is 1.19 bits per heavy atom. The van der Waals surface area contributed by atoms with E-state index in [1.165, 1.54) is 21.7 Å². The standard InChI is InChI=1S/C21H21ClFN5O3/c1-2-27(11-17(29)25-10-13-6-5-8-15(22)19(13)23)18(30)12-28-16-9-4-3-7-14(16)20(26-28)21(24)31/h3-9H,2,10-12H2,1H3,(H2,24,31)(H,25,29). The summed E-state index contributed by atoms with van der Waals surface area (Å²) in [5.74, 6) is -2.10. The Hall–Kier alpha value is -3.46. The highest BCUT2D eigenvalue weighted by molar-refractivity contribution is 6.30. The number of nitrogens with one attached hydrogen (secondary N) is 1. The van der Waals surface area contributed by atoms with Crippen molar-refractivity contribution in [1.29, 1.82) is 0 Å². The van der Waals surface area contributed by atoms with Gasteiger partial charge in [0.05, 0.1) is 17.1 Å². The molecule has 8 nitrogen and oxygen atoms in total. The highest BCUT2D eigenvalue weighted by Gasteiger charge is 2.20. The van der Waals surface area contributed by atoms with E-state index in [-0.39, 0.29) is 48.4 Å². The Morgan fingerprint density at radius 2 is 1.94 bits per heavy atom. The second kappa shape index (κ2) is 9.57. The number of hydrogen-bond donors (Lipinski definition) is 2. The second-order valence-corrected chi connectivity index (χ2v) is 7.19. The van der Waals surface area contributed by atoms with E-state index >= 15 is 0 Å². The minimum Gasteiger partial charge on any atom is -0.364 e. The van der Waals surface area contributed by atoms with Crippen molar-refractivity contribution in [3.63, 3.8) is 0 Å². The topological polar surface area (TPSA) is 110 Å². The number of benzene rings is 2. The first-order valence-electron chi connectivity index (χ1n) is 9.54. The average molecular weight is 446 g/mol. The van der Waals surface area contributed by atoms with Crippen LogP contribution in [-0.2, 0) is 22.7 Å². The van der Waals surface area contributed by atoms with Gasteiger partial charge in [-0.3, -0.25) is 19.1 Å². The van der Waals surface area contributed by atoms with E-state index in [4.69, 9.17) is 17.3 Å². The monoisotopic (exact) mass is 445 g/mol. The molecule has 0 saturated heterocycles. The number of primary amides is 1. The molecule has 2 aromatic carbocycles. The zero-order valence-corrected chi connectivity index (χ0v) is 17.5. The van der Waals surface area contributed by atoms with Crippen LogP contribution in [0.3, 0.4) is 0 Å². The Balaban J connectivity index is 1.67. The lowest BCUT2D eigenvalue weighted by Gasteiger charge is -2.20. The van der Waals surface area contributed by atoms with Crippen LogP contribution < -0.4 is 11.1 Å². The molecule has 0 saturated carbocycles. The third-order valence-corrected chi connectivity index (χ3v) is 5.04. The minimum absolute atomic E-state index is 0.0288. The number of halogens is 2. The van der Waals surface area contributed by atoms with Gasteiger partial charge >= 0.3 is 0 Å². The molecular formula is C21H21ClFN5O3. The molecule has 1 aromatic heterocycles. The fourth-order valence-electron chi connectivity index (χ4n) is 3.14. The lowest BCUT2D eigenvalue weighted by atomic mass is 10.2. The number of fused-ring (bicyclic) bond motifs is 1. The largest absolute Gasteiger partial charge is 0.364 e. The van der Waals surface area contributed by atoms with Crippen molar-refractivity contribution in [2.24, 2.45) is 5.73 Å². The first kappa shape index (κ1) is 22.2. The number of carbonyl (C=O) groups excluding carboxylic acids is 3. The highest BCUT2D eigenvalue weighted by atomic mass is 35.5. The van der Waals surface area contributed by atoms with E-state index in [0.717, 1.165) is 0 Å². The molecule has 0 unspecified atom stereocenters. The van der Waals surface area contributed by atoms with Crippen molar-refractivity contribution >= 4 is 40.2 Å². The van der Waals surface area contributed by atoms with Gasteiger partial charge in [0.25, 0.3) is 5.91 Å². The van der Waals surface area contributed by atoms with Gasteiger partial charge in [0.1, 0.15) is 12.4 Å². The molecule has 3 rings (SSSR count). The van der Waals surface area contributed by atoms with Crippen molar-refractivity contribution in [2.45, 2.75) is 20.0 Å². The predicted octanol–water partition coefficient (Wildman–Crippen LogP) is 2.09. The third kappa shape index (κ3) is 5.00. The van der Waals surface area contributed by atoms with E-state index in [1.807, 2.05) is 0 Å². The summed E-state index contributed by atoms with van der Waals surface area (Å²) < 4.78 is 15.3. The summed E-state index contributed by atoms with van der Waals surface area (Å²) in [7, 11) is 0. The molecule has 0 bridgehead atoms. The quantitative estimate of drug-likeness (QED) is 0.553. The molecule has 0 aliphatic heterocycles. The first-order valence-corrected chi connectivity index (χ1v) is 9.92. The van der Waals surface area contributed by atoms with Crippen molar-refractivity contribution in [1.82, 2.24) is 20.0 Å². The molecule has 162 valence electrons. The summed E-state index contributed by atoms with van der Waals surface area (Å²) in [6.45, 7) is 1.58. The van der Waals surface area contributed by atoms with Crippen LogP contribution in [-0.4, -0.2) is 45.5 Å². The number of likely N-dealkylation sites (N-methyl/N-ethyl adjacent to an activating group) is 1. The SMILES string of the molecule is CCN(CC(=O)NCc1cccc(Cl)c1F)C(=O)Cn1nc(C(N)=O)c2ccccc21. The normalized spacial score (nSPS) is 10.8. The summed E-state index contributed by atoms with van der Waals surface area (Å²) in [6, 6.07) is 11.5. The molecule has 0 atom stereocenters. The number of hydrogen-bond acceptors (Lipinski definition) is 4. The van der Waals surface area contributed by atoms with Gasteiger partial charge in [0, 0.05) is 24.0 Å². The molecule has 0 aliphatic rings. The molecule has 0 spiro atoms. The number of nitrogens with zero attached hydrogens (tertiary/aromatic N) is 3. The Labute approximate surface area is 182 Å². The Bertz CT molecular complexity index is 1150. The van der Waals surface area contributed by atoms with Crippen LogP contribution in [0.5, 0.6) is 0 Å². The fourth-order valence-corrected chi connectivity index (χ4v) is 3.34. The molecule has 0 radical (unpaired) electrons. The van der Waals surface area contributed by atoms with Crippen LogP contribution in [0.15, 0.2) is 42.5 Å². The van der Waals surface area contributed by atoms with Crippen LogP contribution in [0.1, 0.15) is 23.0 Å². The second-order valence-electron chi connectivity index (χ2n) is 6.79. The molecule has 3 amide bonds. The van der Waals surface area contributed by atoms with Crippen LogP contribution in [0.4, 0.5) is 4.39 Å². The molecular weight excluding hydrogens is 425 g/mol. The summed E-state index contributed by atoms with van der Waals surface area (Å²) in [5, 5.41) is 7.26. The van der Waals surface area contributed by atoms with E-state index in [0.29, 0.717) is 10.9 Å². The van der Waals surface area contributed by atoms with Crippen molar-refractivity contribution in [3.05, 3.63) is 64.6 Å². The molecule has 3 aromatic rings. The van der Waals surface area contributed by atoms with E-state index in [1.54, 1.807) is 37.3 Å². The van der Waals surface area contributed by atoms with Crippen LogP contribution in [0, 0.1) is 5.82 Å². The Kier molecular flexibility index (Phi) is 6.86. The van der Waals surface area contributed by atoms with E-state index < -0.39 is 17.6 Å². The molecule has 3 N–H and O–H groups in total. The first-order chi connectivity index (χ1) is 14.8. The van der Waals surface area contributed by atoms with Crippen LogP contribution in [0.2, 0.25) is 5.02 Å². The van der Waals surface area contributed by atoms with Gasteiger partial charge in [0.15, 0.2) is 5.69 Å². The summed E-state index contributed by atoms with van der Waals surface area (Å²) in [6.07, 6.45) is 0. The lowest BCUT2D eigenvalue weighted by molar-refractivity contribution is -0.136. The van der Waals surface area contributed by atoms with Gasteiger partial charge in [-0.25, -0.2) is 4.39 Å². The lowest BCUT2D eigenvalue weighted by Crippen LogP contribution is -2.42. The van der Waals surface area contributed by atoms with E-state index in [9.17, 15) is 18.8 Å². The van der Waals surface area contributed by atoms with Crippen molar-refractivity contribution < 1.29 is 18.8 Å². The Morgan fingerprint density at radius 3 is 2.65 bits per heavy atom. The van der Waals surface area contributed by atoms with Gasteiger partial charge in [-0.2, -0.15) is 5.10 Å². The average Bonchev–Trinajstić information content (AvgIpc) is 3.12. The third-order valence-electron chi connectivity index (χ3n) is 4.75. The van der Waals surface area contributed by atoms with E-state index in [2.05, 4.69) is 10.4 Å². The zero-order valence-electron chi connectivity index (χ0n) is 16.8. The van der Waals surface area contributed by atoms with Crippen LogP contribution >= 0.6 is 11.6 Å². The number of amides is 3. The molecule has 31 heavy (non-hydrogen) atoms. The highest BCUT2D eigenvalue weighted by Crippen LogP contribution is 2.19. The fraction of sp³-hybridized carbons (Fsp3) is 0.238. The molecule has 0 fully saturated rings. The maximum Gasteiger partial charge on any atom is 0.269 e. The van der Waals surface area contributed by atoms with Gasteiger partial charge in [-0.15, -0.1) is 0 Å². The number of carbonyl (C=O) groups is 3. The molecule has 0 aliphatic carbocycles. The van der Waals surface area contributed by atoms with Gasteiger partial charge in [-0.1, -0.05) is 41.9 Å². The molecule has 10 heteroatoms. The molecule has 1 heterocycles. The predicted molar refractivity (Wildman–Crippen MR) is 114 cm³/mol. The van der Waals surface area contributed by atoms with Crippen molar-refractivity contribution in [3.8, 4) is 0 Å². The number of rotatable bonds is 8. The van der Waals surface area contributed by atoms with Gasteiger partial charge < -0.3 is 16.0 Å². The number of nitrogens with two attached hydrogens (primary N) is 1. The zero-order chi connectivity index (χ0) is 22.5. The smallest absolute Gasteiger partial charge is 0.269 e.